The van der Waals surface area contributed by atoms with E-state index in [1.165, 1.54) is 23.5 Å². The topological polar surface area (TPSA) is 56.0 Å². The van der Waals surface area contributed by atoms with Crippen LogP contribution in [0.2, 0.25) is 5.02 Å². The van der Waals surface area contributed by atoms with E-state index < -0.39 is 4.92 Å². The molecule has 2 rings (SSSR count). The molecule has 0 radical (unpaired) electrons. The summed E-state index contributed by atoms with van der Waals surface area (Å²) < 4.78 is 0. The second kappa shape index (κ2) is 5.57. The zero-order valence-electron chi connectivity index (χ0n) is 8.71. The highest BCUT2D eigenvalue weighted by Crippen LogP contribution is 2.30. The Bertz CT molecular complexity index is 559. The summed E-state index contributed by atoms with van der Waals surface area (Å²) in [6.45, 7) is 1.89. The second-order valence-electron chi connectivity index (χ2n) is 3.18. The first-order valence-electron chi connectivity index (χ1n) is 4.44. The average molecular weight is 336 g/mol. The lowest BCUT2D eigenvalue weighted by molar-refractivity contribution is -0.384. The van der Waals surface area contributed by atoms with Gasteiger partial charge in [-0.1, -0.05) is 17.7 Å². The van der Waals surface area contributed by atoms with E-state index in [4.69, 9.17) is 11.6 Å². The Morgan fingerprint density at radius 3 is 2.71 bits per heavy atom. The number of nitrogens with zero attached hydrogens (tertiary/aromatic N) is 2. The molecule has 1 heterocycles. The van der Waals surface area contributed by atoms with Crippen LogP contribution in [0, 0.1) is 17.0 Å². The smallest absolute Gasteiger partial charge is 0.258 e. The van der Waals surface area contributed by atoms with Crippen LogP contribution < -0.4 is 0 Å². The van der Waals surface area contributed by atoms with Gasteiger partial charge in [0.1, 0.15) is 5.02 Å². The van der Waals surface area contributed by atoms with Gasteiger partial charge in [0, 0.05) is 17.0 Å². The monoisotopic (exact) mass is 334 g/mol. The van der Waals surface area contributed by atoms with Crippen molar-refractivity contribution in [1.29, 1.82) is 0 Å². The van der Waals surface area contributed by atoms with Crippen LogP contribution in [0.4, 0.5) is 5.69 Å². The van der Waals surface area contributed by atoms with Gasteiger partial charge >= 0.3 is 0 Å². The first-order chi connectivity index (χ1) is 7.58. The number of hydrogen-bond donors (Lipinski definition) is 0. The summed E-state index contributed by atoms with van der Waals surface area (Å²) in [5, 5.41) is 13.6. The van der Waals surface area contributed by atoms with Crippen molar-refractivity contribution in [2.75, 3.05) is 0 Å². The van der Waals surface area contributed by atoms with Crippen molar-refractivity contribution in [3.05, 3.63) is 43.7 Å². The molecule has 0 spiro atoms. The van der Waals surface area contributed by atoms with Gasteiger partial charge in [0.05, 0.1) is 15.6 Å². The van der Waals surface area contributed by atoms with Gasteiger partial charge in [0.25, 0.3) is 5.69 Å². The summed E-state index contributed by atoms with van der Waals surface area (Å²) in [4.78, 5) is 14.5. The number of benzene rings is 1. The molecular formula is C10H8BrClN2O2S. The number of nitro groups is 1. The van der Waals surface area contributed by atoms with Crippen molar-refractivity contribution < 1.29 is 4.92 Å². The number of halogens is 2. The molecule has 0 saturated carbocycles. The van der Waals surface area contributed by atoms with E-state index in [-0.39, 0.29) is 27.7 Å². The molecule has 0 aliphatic carbocycles. The predicted octanol–water partition coefficient (Wildman–Crippen LogP) is 4.26. The van der Waals surface area contributed by atoms with Gasteiger partial charge in [0.15, 0.2) is 0 Å². The van der Waals surface area contributed by atoms with Crippen LogP contribution in [0.1, 0.15) is 5.01 Å². The highest BCUT2D eigenvalue weighted by molar-refractivity contribution is 8.93. The van der Waals surface area contributed by atoms with Gasteiger partial charge in [-0.05, 0) is 13.0 Å². The Morgan fingerprint density at radius 1 is 1.47 bits per heavy atom. The molecule has 17 heavy (non-hydrogen) atoms. The van der Waals surface area contributed by atoms with Crippen molar-refractivity contribution in [1.82, 2.24) is 4.98 Å². The summed E-state index contributed by atoms with van der Waals surface area (Å²) in [5.74, 6) is 0. The first kappa shape index (κ1) is 14.1. The summed E-state index contributed by atoms with van der Waals surface area (Å²) in [5.41, 5.74) is 1.35. The number of aromatic nitrogens is 1. The molecule has 0 unspecified atom stereocenters. The lowest BCUT2D eigenvalue weighted by atomic mass is 10.1. The van der Waals surface area contributed by atoms with Gasteiger partial charge in [-0.2, -0.15) is 0 Å². The highest BCUT2D eigenvalue weighted by Gasteiger charge is 2.14. The fourth-order valence-electron chi connectivity index (χ4n) is 1.31. The van der Waals surface area contributed by atoms with E-state index in [0.29, 0.717) is 5.56 Å². The molecule has 1 aromatic carbocycles. The van der Waals surface area contributed by atoms with Crippen LogP contribution in [-0.4, -0.2) is 9.91 Å². The fourth-order valence-corrected chi connectivity index (χ4v) is 2.12. The quantitative estimate of drug-likeness (QED) is 0.608. The fraction of sp³-hybridized carbons (Fsp3) is 0.100. The van der Waals surface area contributed by atoms with Crippen molar-refractivity contribution in [2.45, 2.75) is 6.92 Å². The Morgan fingerprint density at radius 2 is 2.18 bits per heavy atom. The zero-order valence-corrected chi connectivity index (χ0v) is 12.0. The molecule has 90 valence electrons. The third-order valence-corrected chi connectivity index (χ3v) is 3.15. The van der Waals surface area contributed by atoms with Crippen LogP contribution in [-0.2, 0) is 0 Å². The van der Waals surface area contributed by atoms with Gasteiger partial charge in [-0.3, -0.25) is 10.1 Å². The minimum Gasteiger partial charge on any atom is -0.258 e. The van der Waals surface area contributed by atoms with E-state index in [0.717, 1.165) is 10.7 Å². The van der Waals surface area contributed by atoms with Crippen LogP contribution in [0.25, 0.3) is 11.3 Å². The summed E-state index contributed by atoms with van der Waals surface area (Å²) in [6, 6.07) is 4.68. The molecule has 7 heteroatoms. The van der Waals surface area contributed by atoms with Crippen LogP contribution in [0.15, 0.2) is 23.6 Å². The number of rotatable bonds is 2. The Balaban J connectivity index is 0.00000144. The molecule has 4 nitrogen and oxygen atoms in total. The van der Waals surface area contributed by atoms with Gasteiger partial charge in [-0.15, -0.1) is 28.3 Å². The predicted molar refractivity (Wildman–Crippen MR) is 74.3 cm³/mol. The largest absolute Gasteiger partial charge is 0.288 e. The van der Waals surface area contributed by atoms with Crippen molar-refractivity contribution in [3.8, 4) is 11.3 Å². The third-order valence-electron chi connectivity index (χ3n) is 2.06. The molecule has 0 N–H and O–H groups in total. The number of nitro benzene ring substituents is 1. The molecular weight excluding hydrogens is 328 g/mol. The zero-order chi connectivity index (χ0) is 11.7. The molecule has 0 amide bonds. The van der Waals surface area contributed by atoms with Gasteiger partial charge in [0.2, 0.25) is 0 Å². The van der Waals surface area contributed by atoms with E-state index in [1.807, 2.05) is 12.3 Å². The second-order valence-corrected chi connectivity index (χ2v) is 4.64. The molecule has 0 fully saturated rings. The van der Waals surface area contributed by atoms with Crippen molar-refractivity contribution >= 4 is 45.6 Å². The Kier molecular flexibility index (Phi) is 4.62. The standard InChI is InChI=1S/C10H7ClN2O2S.BrH/c1-6-12-9(5-16-6)7-2-3-8(11)10(4-7)13(14)15;/h2-5H,1H3;1H. The normalized spacial score (nSPS) is 9.76. The molecule has 1 aromatic heterocycles. The lowest BCUT2D eigenvalue weighted by Crippen LogP contribution is -1.90. The van der Waals surface area contributed by atoms with E-state index >= 15 is 0 Å². The van der Waals surface area contributed by atoms with Crippen LogP contribution >= 0.6 is 39.9 Å². The first-order valence-corrected chi connectivity index (χ1v) is 5.70. The lowest BCUT2D eigenvalue weighted by Gasteiger charge is -1.98. The minimum atomic E-state index is -0.495. The van der Waals surface area contributed by atoms with Crippen molar-refractivity contribution in [3.63, 3.8) is 0 Å². The maximum Gasteiger partial charge on any atom is 0.288 e. The average Bonchev–Trinajstić information content (AvgIpc) is 2.65. The number of aryl methyl sites for hydroxylation is 1. The van der Waals surface area contributed by atoms with Crippen LogP contribution in [0.3, 0.4) is 0 Å². The number of thiazole rings is 1. The summed E-state index contributed by atoms with van der Waals surface area (Å²) >= 11 is 7.23. The maximum atomic E-state index is 10.7. The molecule has 2 aromatic rings. The molecule has 0 saturated heterocycles. The SMILES string of the molecule is Br.Cc1nc(-c2ccc(Cl)c([N+](=O)[O-])c2)cs1. The van der Waals surface area contributed by atoms with Gasteiger partial charge < -0.3 is 0 Å². The molecule has 0 aliphatic heterocycles. The van der Waals surface area contributed by atoms with Gasteiger partial charge in [-0.25, -0.2) is 4.98 Å². The Labute approximate surface area is 117 Å². The molecule has 0 aliphatic rings. The highest BCUT2D eigenvalue weighted by atomic mass is 79.9. The third kappa shape index (κ3) is 3.02. The van der Waals surface area contributed by atoms with E-state index in [2.05, 4.69) is 4.98 Å². The molecule has 0 atom stereocenters. The van der Waals surface area contributed by atoms with Crippen LogP contribution in [0.5, 0.6) is 0 Å². The number of hydrogen-bond acceptors (Lipinski definition) is 4. The summed E-state index contributed by atoms with van der Waals surface area (Å²) in [7, 11) is 0. The summed E-state index contributed by atoms with van der Waals surface area (Å²) in [6.07, 6.45) is 0. The van der Waals surface area contributed by atoms with Crippen molar-refractivity contribution in [2.24, 2.45) is 0 Å². The van der Waals surface area contributed by atoms with E-state index in [9.17, 15) is 10.1 Å². The Hall–Kier alpha value is -0.980. The minimum absolute atomic E-state index is 0. The molecule has 0 bridgehead atoms. The maximum absolute atomic E-state index is 10.7. The van der Waals surface area contributed by atoms with E-state index in [1.54, 1.807) is 6.07 Å².